The number of nitrogens with zero attached hydrogens (tertiary/aromatic N) is 2. The summed E-state index contributed by atoms with van der Waals surface area (Å²) in [5, 5.41) is 13.5. The Morgan fingerprint density at radius 2 is 1.86 bits per heavy atom. The molecular formula is C15H15N3O4. The van der Waals surface area contributed by atoms with Crippen molar-refractivity contribution in [2.24, 2.45) is 0 Å². The number of hydrogen-bond acceptors (Lipinski definition) is 4. The highest BCUT2D eigenvalue weighted by molar-refractivity contribution is 5.92. The minimum absolute atomic E-state index is 0.237. The molecule has 114 valence electrons. The average Bonchev–Trinajstić information content (AvgIpc) is 2.45. The third-order valence-electron chi connectivity index (χ3n) is 3.24. The Bertz CT molecular complexity index is 775. The van der Waals surface area contributed by atoms with Gasteiger partial charge >= 0.3 is 0 Å². The molecule has 1 amide bonds. The lowest BCUT2D eigenvalue weighted by Crippen LogP contribution is -2.27. The first-order valence-corrected chi connectivity index (χ1v) is 6.59. The molecule has 0 saturated heterocycles. The number of nitrogens with one attached hydrogen (secondary N) is 1. The van der Waals surface area contributed by atoms with Gasteiger partial charge in [0.15, 0.2) is 0 Å². The Morgan fingerprint density at radius 3 is 2.45 bits per heavy atom. The van der Waals surface area contributed by atoms with Crippen LogP contribution in [0, 0.1) is 24.0 Å². The standard InChI is InChI=1S/C15H15N3O4/c1-10-4-3-5-11(2)15(10)16-13(19)9-17-8-12(18(21)22)6-7-14(17)20/h3-8H,9H2,1-2H3,(H,16,19). The predicted octanol–water partition coefficient (Wildman–Crippen LogP) is 2.01. The highest BCUT2D eigenvalue weighted by atomic mass is 16.6. The van der Waals surface area contributed by atoms with E-state index >= 15 is 0 Å². The second-order valence-electron chi connectivity index (χ2n) is 4.93. The highest BCUT2D eigenvalue weighted by Gasteiger charge is 2.12. The summed E-state index contributed by atoms with van der Waals surface area (Å²) in [6.45, 7) is 3.44. The molecule has 1 heterocycles. The van der Waals surface area contributed by atoms with Crippen molar-refractivity contribution in [3.63, 3.8) is 0 Å². The van der Waals surface area contributed by atoms with E-state index in [2.05, 4.69) is 5.32 Å². The monoisotopic (exact) mass is 301 g/mol. The molecule has 2 aromatic rings. The normalized spacial score (nSPS) is 10.3. The van der Waals surface area contributed by atoms with Gasteiger partial charge in [0.2, 0.25) is 5.91 Å². The van der Waals surface area contributed by atoms with E-state index in [1.165, 1.54) is 0 Å². The van der Waals surface area contributed by atoms with Gasteiger partial charge in [0.1, 0.15) is 6.54 Å². The first-order valence-electron chi connectivity index (χ1n) is 6.59. The topological polar surface area (TPSA) is 94.2 Å². The fourth-order valence-corrected chi connectivity index (χ4v) is 2.10. The molecule has 1 aromatic heterocycles. The molecular weight excluding hydrogens is 286 g/mol. The van der Waals surface area contributed by atoms with Crippen LogP contribution in [0.5, 0.6) is 0 Å². The average molecular weight is 301 g/mol. The summed E-state index contributed by atoms with van der Waals surface area (Å²) in [5.41, 5.74) is 1.78. The van der Waals surface area contributed by atoms with Crippen molar-refractivity contribution in [1.29, 1.82) is 0 Å². The fourth-order valence-electron chi connectivity index (χ4n) is 2.10. The SMILES string of the molecule is Cc1cccc(C)c1NC(=O)Cn1cc([N+](=O)[O-])ccc1=O. The summed E-state index contributed by atoms with van der Waals surface area (Å²) >= 11 is 0. The third-order valence-corrected chi connectivity index (χ3v) is 3.24. The van der Waals surface area contributed by atoms with E-state index in [1.807, 2.05) is 32.0 Å². The number of pyridine rings is 1. The van der Waals surface area contributed by atoms with Gasteiger partial charge in [0.05, 0.1) is 11.1 Å². The van der Waals surface area contributed by atoms with Crippen LogP contribution < -0.4 is 10.9 Å². The molecule has 22 heavy (non-hydrogen) atoms. The molecule has 1 N–H and O–H groups in total. The van der Waals surface area contributed by atoms with Crippen LogP contribution in [-0.4, -0.2) is 15.4 Å². The van der Waals surface area contributed by atoms with E-state index < -0.39 is 16.4 Å². The smallest absolute Gasteiger partial charge is 0.285 e. The first kappa shape index (κ1) is 15.4. The summed E-state index contributed by atoms with van der Waals surface area (Å²) < 4.78 is 1.01. The minimum atomic E-state index is -0.612. The number of carbonyl (C=O) groups excluding carboxylic acids is 1. The highest BCUT2D eigenvalue weighted by Crippen LogP contribution is 2.19. The Kier molecular flexibility index (Phi) is 4.36. The van der Waals surface area contributed by atoms with Crippen LogP contribution in [0.25, 0.3) is 0 Å². The zero-order chi connectivity index (χ0) is 16.3. The molecule has 0 atom stereocenters. The van der Waals surface area contributed by atoms with Crippen LogP contribution in [0.1, 0.15) is 11.1 Å². The van der Waals surface area contributed by atoms with Gasteiger partial charge in [-0.3, -0.25) is 24.3 Å². The van der Waals surface area contributed by atoms with Crippen LogP contribution in [0.3, 0.4) is 0 Å². The Balaban J connectivity index is 2.21. The van der Waals surface area contributed by atoms with E-state index in [-0.39, 0.29) is 12.2 Å². The first-order chi connectivity index (χ1) is 10.4. The Hall–Kier alpha value is -2.96. The largest absolute Gasteiger partial charge is 0.324 e. The Morgan fingerprint density at radius 1 is 1.23 bits per heavy atom. The molecule has 0 saturated carbocycles. The van der Waals surface area contributed by atoms with Crippen molar-refractivity contribution >= 4 is 17.3 Å². The van der Waals surface area contributed by atoms with Gasteiger partial charge in [0, 0.05) is 17.8 Å². The van der Waals surface area contributed by atoms with Crippen molar-refractivity contribution in [3.8, 4) is 0 Å². The van der Waals surface area contributed by atoms with E-state index in [0.717, 1.165) is 34.0 Å². The van der Waals surface area contributed by atoms with E-state index in [9.17, 15) is 19.7 Å². The molecule has 0 unspecified atom stereocenters. The molecule has 0 fully saturated rings. The number of nitro groups is 1. The molecule has 7 heteroatoms. The van der Waals surface area contributed by atoms with Crippen LogP contribution in [0.4, 0.5) is 11.4 Å². The lowest BCUT2D eigenvalue weighted by Gasteiger charge is -2.12. The van der Waals surface area contributed by atoms with Crippen LogP contribution in [-0.2, 0) is 11.3 Å². The molecule has 2 rings (SSSR count). The molecule has 7 nitrogen and oxygen atoms in total. The second kappa shape index (κ2) is 6.21. The van der Waals surface area contributed by atoms with Gasteiger partial charge in [-0.05, 0) is 25.0 Å². The van der Waals surface area contributed by atoms with Crippen molar-refractivity contribution < 1.29 is 9.72 Å². The van der Waals surface area contributed by atoms with Crippen molar-refractivity contribution in [2.45, 2.75) is 20.4 Å². The van der Waals surface area contributed by atoms with E-state index in [4.69, 9.17) is 0 Å². The predicted molar refractivity (Wildman–Crippen MR) is 81.9 cm³/mol. The number of amides is 1. The van der Waals surface area contributed by atoms with Gasteiger partial charge in [-0.25, -0.2) is 0 Å². The summed E-state index contributed by atoms with van der Waals surface area (Å²) in [4.78, 5) is 33.9. The zero-order valence-electron chi connectivity index (χ0n) is 12.2. The zero-order valence-corrected chi connectivity index (χ0v) is 12.2. The maximum absolute atomic E-state index is 12.1. The maximum Gasteiger partial charge on any atom is 0.285 e. The van der Waals surface area contributed by atoms with Crippen molar-refractivity contribution in [1.82, 2.24) is 4.57 Å². The summed E-state index contributed by atoms with van der Waals surface area (Å²) in [7, 11) is 0. The van der Waals surface area contributed by atoms with Crippen LogP contribution in [0.2, 0.25) is 0 Å². The lowest BCUT2D eigenvalue weighted by molar-refractivity contribution is -0.385. The number of rotatable bonds is 4. The van der Waals surface area contributed by atoms with Crippen molar-refractivity contribution in [2.75, 3.05) is 5.32 Å². The molecule has 0 aliphatic heterocycles. The van der Waals surface area contributed by atoms with E-state index in [0.29, 0.717) is 5.69 Å². The molecule has 0 spiro atoms. The third kappa shape index (κ3) is 3.38. The van der Waals surface area contributed by atoms with Crippen molar-refractivity contribution in [3.05, 3.63) is 68.1 Å². The van der Waals surface area contributed by atoms with Gasteiger partial charge < -0.3 is 5.32 Å². The number of aryl methyl sites for hydroxylation is 2. The van der Waals surface area contributed by atoms with Gasteiger partial charge in [-0.15, -0.1) is 0 Å². The number of anilines is 1. The molecule has 0 radical (unpaired) electrons. The molecule has 1 aromatic carbocycles. The summed E-state index contributed by atoms with van der Waals surface area (Å²) in [5.74, 6) is -0.417. The second-order valence-corrected chi connectivity index (χ2v) is 4.93. The molecule has 0 bridgehead atoms. The number of benzene rings is 1. The minimum Gasteiger partial charge on any atom is -0.324 e. The summed E-state index contributed by atoms with van der Waals surface area (Å²) in [6, 6.07) is 7.79. The summed E-state index contributed by atoms with van der Waals surface area (Å²) in [6.07, 6.45) is 1.06. The van der Waals surface area contributed by atoms with Gasteiger partial charge in [-0.2, -0.15) is 0 Å². The van der Waals surface area contributed by atoms with Crippen LogP contribution >= 0.6 is 0 Å². The lowest BCUT2D eigenvalue weighted by atomic mass is 10.1. The van der Waals surface area contributed by atoms with Gasteiger partial charge in [-0.1, -0.05) is 18.2 Å². The Labute approximate surface area is 126 Å². The van der Waals surface area contributed by atoms with E-state index in [1.54, 1.807) is 0 Å². The fraction of sp³-hybridized carbons (Fsp3) is 0.200. The van der Waals surface area contributed by atoms with Gasteiger partial charge in [0.25, 0.3) is 11.2 Å². The maximum atomic E-state index is 12.1. The quantitative estimate of drug-likeness (QED) is 0.690. The number of para-hydroxylation sites is 1. The number of carbonyl (C=O) groups is 1. The van der Waals surface area contributed by atoms with Crippen LogP contribution in [0.15, 0.2) is 41.3 Å². The molecule has 0 aliphatic carbocycles. The number of aromatic nitrogens is 1. The number of hydrogen-bond donors (Lipinski definition) is 1. The molecule has 0 aliphatic rings.